The molecule has 0 N–H and O–H groups in total. The monoisotopic (exact) mass is 334 g/mol. The van der Waals surface area contributed by atoms with Gasteiger partial charge in [-0.3, -0.25) is 9.78 Å². The van der Waals surface area contributed by atoms with Gasteiger partial charge in [0.15, 0.2) is 5.76 Å². The molecule has 0 unspecified atom stereocenters. The van der Waals surface area contributed by atoms with E-state index in [4.69, 9.17) is 4.42 Å². The van der Waals surface area contributed by atoms with E-state index < -0.39 is 0 Å². The molecule has 128 valence electrons. The number of amides is 1. The second kappa shape index (κ2) is 8.29. The Hall–Kier alpha value is -2.88. The van der Waals surface area contributed by atoms with Gasteiger partial charge in [-0.25, -0.2) is 0 Å². The van der Waals surface area contributed by atoms with Crippen molar-refractivity contribution in [1.29, 1.82) is 0 Å². The number of benzene rings is 1. The number of furan rings is 1. The second-order valence-electron chi connectivity index (χ2n) is 5.94. The number of rotatable bonds is 7. The van der Waals surface area contributed by atoms with Gasteiger partial charge in [-0.15, -0.1) is 0 Å². The van der Waals surface area contributed by atoms with Crippen LogP contribution in [0, 0.1) is 0 Å². The molecular weight excluding hydrogens is 312 g/mol. The van der Waals surface area contributed by atoms with E-state index in [1.807, 2.05) is 48.2 Å². The molecule has 0 saturated heterocycles. The molecule has 2 heterocycles. The highest BCUT2D eigenvalue weighted by Gasteiger charge is 2.19. The van der Waals surface area contributed by atoms with Gasteiger partial charge in [0.25, 0.3) is 5.91 Å². The molecule has 0 aliphatic rings. The molecule has 0 bridgehead atoms. The van der Waals surface area contributed by atoms with Gasteiger partial charge in [0.1, 0.15) is 5.76 Å². The molecule has 2 aromatic heterocycles. The Morgan fingerprint density at radius 3 is 2.52 bits per heavy atom. The van der Waals surface area contributed by atoms with Crippen LogP contribution in [0.25, 0.3) is 0 Å². The Morgan fingerprint density at radius 2 is 1.84 bits per heavy atom. The quantitative estimate of drug-likeness (QED) is 0.653. The molecule has 0 fully saturated rings. The molecule has 25 heavy (non-hydrogen) atoms. The van der Waals surface area contributed by atoms with Gasteiger partial charge in [-0.05, 0) is 35.7 Å². The average Bonchev–Trinajstić information content (AvgIpc) is 3.15. The average molecular weight is 334 g/mol. The summed E-state index contributed by atoms with van der Waals surface area (Å²) in [4.78, 5) is 18.9. The number of nitrogens with zero attached hydrogens (tertiary/aromatic N) is 2. The highest BCUT2D eigenvalue weighted by molar-refractivity contribution is 5.91. The van der Waals surface area contributed by atoms with Crippen LogP contribution in [0.3, 0.4) is 0 Å². The van der Waals surface area contributed by atoms with Crippen LogP contribution >= 0.6 is 0 Å². The summed E-state index contributed by atoms with van der Waals surface area (Å²) in [7, 11) is 0. The predicted octanol–water partition coefficient (Wildman–Crippen LogP) is 4.12. The Labute approximate surface area is 148 Å². The minimum absolute atomic E-state index is 0.0838. The highest BCUT2D eigenvalue weighted by atomic mass is 16.4. The van der Waals surface area contributed by atoms with Crippen molar-refractivity contribution in [3.8, 4) is 0 Å². The Kier molecular flexibility index (Phi) is 5.62. The van der Waals surface area contributed by atoms with E-state index in [2.05, 4.69) is 17.1 Å². The van der Waals surface area contributed by atoms with Crippen molar-refractivity contribution in [3.63, 3.8) is 0 Å². The summed E-state index contributed by atoms with van der Waals surface area (Å²) in [5.41, 5.74) is 2.21. The molecule has 0 atom stereocenters. The van der Waals surface area contributed by atoms with Crippen LogP contribution in [0.4, 0.5) is 0 Å². The molecule has 0 spiro atoms. The Bertz CT molecular complexity index is 797. The third-order valence-corrected chi connectivity index (χ3v) is 4.12. The first-order valence-corrected chi connectivity index (χ1v) is 8.57. The van der Waals surface area contributed by atoms with Gasteiger partial charge in [0, 0.05) is 31.9 Å². The van der Waals surface area contributed by atoms with Crippen LogP contribution in [-0.4, -0.2) is 22.3 Å². The first kappa shape index (κ1) is 17.0. The maximum atomic E-state index is 12.9. The summed E-state index contributed by atoms with van der Waals surface area (Å²) in [6, 6.07) is 17.7. The number of pyridine rings is 1. The fourth-order valence-electron chi connectivity index (χ4n) is 2.71. The number of aryl methyl sites for hydroxylation is 1. The van der Waals surface area contributed by atoms with Crippen LogP contribution in [0.5, 0.6) is 0 Å². The topological polar surface area (TPSA) is 46.3 Å². The van der Waals surface area contributed by atoms with Crippen LogP contribution in [0.2, 0.25) is 0 Å². The molecule has 3 aromatic rings. The van der Waals surface area contributed by atoms with Crippen LogP contribution in [-0.2, 0) is 19.4 Å². The number of carbonyl (C=O) groups is 1. The summed E-state index contributed by atoms with van der Waals surface area (Å²) in [5, 5.41) is 0. The van der Waals surface area contributed by atoms with Gasteiger partial charge in [0.05, 0.1) is 0 Å². The number of hydrogen-bond acceptors (Lipinski definition) is 3. The molecule has 0 radical (unpaired) electrons. The standard InChI is InChI=1S/C21H22N2O2/c1-2-19-10-11-20(25-19)21(24)23(16-18-9-6-13-22-15-18)14-12-17-7-4-3-5-8-17/h3-11,13,15H,2,12,14,16H2,1H3. The Balaban J connectivity index is 1.76. The third-order valence-electron chi connectivity index (χ3n) is 4.12. The molecule has 0 saturated carbocycles. The highest BCUT2D eigenvalue weighted by Crippen LogP contribution is 2.14. The van der Waals surface area contributed by atoms with E-state index in [0.29, 0.717) is 18.8 Å². The van der Waals surface area contributed by atoms with Crippen molar-refractivity contribution in [2.75, 3.05) is 6.54 Å². The van der Waals surface area contributed by atoms with Crippen molar-refractivity contribution in [3.05, 3.63) is 89.6 Å². The maximum absolute atomic E-state index is 12.9. The molecule has 1 aromatic carbocycles. The molecule has 4 nitrogen and oxygen atoms in total. The molecule has 0 aliphatic carbocycles. The van der Waals surface area contributed by atoms with E-state index in [1.54, 1.807) is 18.5 Å². The minimum atomic E-state index is -0.0838. The number of carbonyl (C=O) groups excluding carboxylic acids is 1. The molecule has 0 aliphatic heterocycles. The SMILES string of the molecule is CCc1ccc(C(=O)N(CCc2ccccc2)Cc2cccnc2)o1. The van der Waals surface area contributed by atoms with E-state index >= 15 is 0 Å². The fraction of sp³-hybridized carbons (Fsp3) is 0.238. The van der Waals surface area contributed by atoms with Crippen LogP contribution in [0.1, 0.15) is 34.4 Å². The van der Waals surface area contributed by atoms with Gasteiger partial charge in [0.2, 0.25) is 0 Å². The molecule has 1 amide bonds. The number of aromatic nitrogens is 1. The second-order valence-corrected chi connectivity index (χ2v) is 5.94. The first-order valence-electron chi connectivity index (χ1n) is 8.57. The van der Waals surface area contributed by atoms with Crippen molar-refractivity contribution >= 4 is 5.91 Å². The number of hydrogen-bond donors (Lipinski definition) is 0. The summed E-state index contributed by atoms with van der Waals surface area (Å²) >= 11 is 0. The minimum Gasteiger partial charge on any atom is -0.456 e. The molecule has 4 heteroatoms. The zero-order valence-electron chi connectivity index (χ0n) is 14.4. The van der Waals surface area contributed by atoms with Crippen molar-refractivity contribution in [2.45, 2.75) is 26.3 Å². The van der Waals surface area contributed by atoms with Crippen molar-refractivity contribution in [2.24, 2.45) is 0 Å². The van der Waals surface area contributed by atoms with Crippen molar-refractivity contribution < 1.29 is 9.21 Å². The summed E-state index contributed by atoms with van der Waals surface area (Å²) < 4.78 is 5.66. The van der Waals surface area contributed by atoms with Crippen LogP contribution < -0.4 is 0 Å². The van der Waals surface area contributed by atoms with E-state index in [-0.39, 0.29) is 5.91 Å². The zero-order chi connectivity index (χ0) is 17.5. The lowest BCUT2D eigenvalue weighted by atomic mass is 10.1. The van der Waals surface area contributed by atoms with Gasteiger partial charge < -0.3 is 9.32 Å². The summed E-state index contributed by atoms with van der Waals surface area (Å²) in [6.07, 6.45) is 5.11. The largest absolute Gasteiger partial charge is 0.456 e. The lowest BCUT2D eigenvalue weighted by Crippen LogP contribution is -2.32. The lowest BCUT2D eigenvalue weighted by Gasteiger charge is -2.22. The van der Waals surface area contributed by atoms with E-state index in [0.717, 1.165) is 24.2 Å². The Morgan fingerprint density at radius 1 is 1.04 bits per heavy atom. The molecular formula is C21H22N2O2. The van der Waals surface area contributed by atoms with Crippen LogP contribution in [0.15, 0.2) is 71.4 Å². The van der Waals surface area contributed by atoms with E-state index in [1.165, 1.54) is 5.56 Å². The van der Waals surface area contributed by atoms with Crippen molar-refractivity contribution in [1.82, 2.24) is 9.88 Å². The predicted molar refractivity (Wildman–Crippen MR) is 97.2 cm³/mol. The van der Waals surface area contributed by atoms with Gasteiger partial charge >= 0.3 is 0 Å². The maximum Gasteiger partial charge on any atom is 0.289 e. The van der Waals surface area contributed by atoms with Gasteiger partial charge in [-0.1, -0.05) is 43.3 Å². The zero-order valence-corrected chi connectivity index (χ0v) is 14.4. The van der Waals surface area contributed by atoms with E-state index in [9.17, 15) is 4.79 Å². The molecule has 3 rings (SSSR count). The van der Waals surface area contributed by atoms with Gasteiger partial charge in [-0.2, -0.15) is 0 Å². The third kappa shape index (κ3) is 4.57. The first-order chi connectivity index (χ1) is 12.3. The fourth-order valence-corrected chi connectivity index (χ4v) is 2.71. The summed E-state index contributed by atoms with van der Waals surface area (Å²) in [5.74, 6) is 1.14. The lowest BCUT2D eigenvalue weighted by molar-refractivity contribution is 0.0711. The normalized spacial score (nSPS) is 10.6. The summed E-state index contributed by atoms with van der Waals surface area (Å²) in [6.45, 7) is 3.15. The smallest absolute Gasteiger partial charge is 0.289 e.